The number of para-hydroxylation sites is 1. The molecule has 30 heavy (non-hydrogen) atoms. The number of imide groups is 1. The summed E-state index contributed by atoms with van der Waals surface area (Å²) < 4.78 is 0. The van der Waals surface area contributed by atoms with Crippen LogP contribution in [0.5, 0.6) is 0 Å². The second-order valence-corrected chi connectivity index (χ2v) is 8.38. The van der Waals surface area contributed by atoms with Crippen molar-refractivity contribution < 1.29 is 14.4 Å². The molecule has 2 fully saturated rings. The molecule has 154 valence electrons. The molecule has 2 aliphatic rings. The Morgan fingerprint density at radius 3 is 2.30 bits per heavy atom. The van der Waals surface area contributed by atoms with Gasteiger partial charge in [-0.05, 0) is 42.5 Å². The molecule has 2 saturated heterocycles. The van der Waals surface area contributed by atoms with Crippen molar-refractivity contribution in [3.05, 3.63) is 70.6 Å². The number of piperazine rings is 1. The molecule has 0 bridgehead atoms. The number of thioether (sulfide) groups is 1. The molecule has 0 unspecified atom stereocenters. The minimum absolute atomic E-state index is 0.193. The van der Waals surface area contributed by atoms with Gasteiger partial charge in [0.15, 0.2) is 0 Å². The fourth-order valence-electron chi connectivity index (χ4n) is 3.54. The van der Waals surface area contributed by atoms with E-state index in [0.717, 1.165) is 46.6 Å². The summed E-state index contributed by atoms with van der Waals surface area (Å²) in [6.45, 7) is 4.38. The number of benzene rings is 2. The molecule has 7 heteroatoms. The van der Waals surface area contributed by atoms with Crippen molar-refractivity contribution in [1.82, 2.24) is 9.80 Å². The third-order valence-electron chi connectivity index (χ3n) is 5.30. The highest BCUT2D eigenvalue weighted by Gasteiger charge is 2.37. The van der Waals surface area contributed by atoms with Crippen LogP contribution < -0.4 is 4.90 Å². The second-order valence-electron chi connectivity index (χ2n) is 7.38. The molecule has 2 aromatic carbocycles. The van der Waals surface area contributed by atoms with Gasteiger partial charge in [-0.15, -0.1) is 0 Å². The Balaban J connectivity index is 1.36. The zero-order chi connectivity index (χ0) is 21.1. The molecule has 0 N–H and O–H groups in total. The topological polar surface area (TPSA) is 60.9 Å². The Morgan fingerprint density at radius 1 is 0.967 bits per heavy atom. The van der Waals surface area contributed by atoms with Crippen LogP contribution in [-0.2, 0) is 9.59 Å². The van der Waals surface area contributed by atoms with Crippen LogP contribution in [0.15, 0.2) is 59.5 Å². The summed E-state index contributed by atoms with van der Waals surface area (Å²) in [5.74, 6) is -0.594. The van der Waals surface area contributed by atoms with Crippen LogP contribution in [0, 0.1) is 6.92 Å². The summed E-state index contributed by atoms with van der Waals surface area (Å²) in [7, 11) is 0. The summed E-state index contributed by atoms with van der Waals surface area (Å²) in [6, 6.07) is 17.8. The minimum Gasteiger partial charge on any atom is -0.368 e. The molecule has 0 spiro atoms. The van der Waals surface area contributed by atoms with Crippen molar-refractivity contribution in [3.8, 4) is 0 Å². The minimum atomic E-state index is -0.401. The molecular weight excluding hydrogens is 398 g/mol. The van der Waals surface area contributed by atoms with E-state index in [-0.39, 0.29) is 12.5 Å². The van der Waals surface area contributed by atoms with Crippen LogP contribution in [0.25, 0.3) is 6.08 Å². The Kier molecular flexibility index (Phi) is 5.90. The molecule has 0 saturated carbocycles. The van der Waals surface area contributed by atoms with Crippen molar-refractivity contribution in [1.29, 1.82) is 0 Å². The van der Waals surface area contributed by atoms with Crippen molar-refractivity contribution in [2.45, 2.75) is 6.92 Å². The number of anilines is 1. The van der Waals surface area contributed by atoms with Gasteiger partial charge in [-0.2, -0.15) is 0 Å². The summed E-state index contributed by atoms with van der Waals surface area (Å²) >= 11 is 0.887. The first-order valence-electron chi connectivity index (χ1n) is 9.91. The lowest BCUT2D eigenvalue weighted by Gasteiger charge is -2.36. The van der Waals surface area contributed by atoms with Gasteiger partial charge in [0.05, 0.1) is 4.91 Å². The Bertz CT molecular complexity index is 981. The average molecular weight is 422 g/mol. The molecule has 2 heterocycles. The molecule has 4 rings (SSSR count). The maximum atomic E-state index is 12.7. The Labute approximate surface area is 180 Å². The predicted molar refractivity (Wildman–Crippen MR) is 119 cm³/mol. The van der Waals surface area contributed by atoms with Crippen LogP contribution in [0.1, 0.15) is 11.1 Å². The number of carbonyl (C=O) groups excluding carboxylic acids is 3. The number of hydrogen-bond acceptors (Lipinski definition) is 5. The smallest absolute Gasteiger partial charge is 0.294 e. The third-order valence-corrected chi connectivity index (χ3v) is 6.20. The Morgan fingerprint density at radius 2 is 1.63 bits per heavy atom. The van der Waals surface area contributed by atoms with E-state index in [1.165, 1.54) is 0 Å². The largest absolute Gasteiger partial charge is 0.368 e. The molecule has 0 aromatic heterocycles. The van der Waals surface area contributed by atoms with E-state index >= 15 is 0 Å². The lowest BCUT2D eigenvalue weighted by molar-refractivity contribution is -0.136. The van der Waals surface area contributed by atoms with E-state index in [9.17, 15) is 14.4 Å². The van der Waals surface area contributed by atoms with Crippen molar-refractivity contribution in [2.75, 3.05) is 37.6 Å². The number of aryl methyl sites for hydroxylation is 1. The second kappa shape index (κ2) is 8.75. The monoisotopic (exact) mass is 421 g/mol. The first-order chi connectivity index (χ1) is 14.5. The number of carbonyl (C=O) groups is 3. The molecule has 6 nitrogen and oxygen atoms in total. The number of nitrogens with zero attached hydrogens (tertiary/aromatic N) is 3. The summed E-state index contributed by atoms with van der Waals surface area (Å²) in [6.07, 6.45) is 1.70. The summed E-state index contributed by atoms with van der Waals surface area (Å²) in [5, 5.41) is -0.394. The van der Waals surface area contributed by atoms with E-state index in [2.05, 4.69) is 17.0 Å². The first-order valence-corrected chi connectivity index (χ1v) is 10.7. The fraction of sp³-hybridized carbons (Fsp3) is 0.261. The Hall–Kier alpha value is -3.06. The molecule has 2 aliphatic heterocycles. The number of amides is 3. The van der Waals surface area contributed by atoms with Gasteiger partial charge in [0.2, 0.25) is 5.91 Å². The summed E-state index contributed by atoms with van der Waals surface area (Å²) in [5.41, 5.74) is 3.12. The maximum absolute atomic E-state index is 12.7. The van der Waals surface area contributed by atoms with Crippen LogP contribution in [0.4, 0.5) is 10.5 Å². The van der Waals surface area contributed by atoms with Gasteiger partial charge >= 0.3 is 0 Å². The fourth-order valence-corrected chi connectivity index (χ4v) is 4.38. The van der Waals surface area contributed by atoms with Gasteiger partial charge in [0, 0.05) is 31.9 Å². The quantitative estimate of drug-likeness (QED) is 0.709. The van der Waals surface area contributed by atoms with Gasteiger partial charge in [0.25, 0.3) is 11.1 Å². The van der Waals surface area contributed by atoms with Gasteiger partial charge < -0.3 is 9.80 Å². The molecular formula is C23H23N3O3S. The normalized spacial score (nSPS) is 18.4. The van der Waals surface area contributed by atoms with Crippen LogP contribution >= 0.6 is 11.8 Å². The van der Waals surface area contributed by atoms with E-state index in [1.807, 2.05) is 49.4 Å². The van der Waals surface area contributed by atoms with Crippen LogP contribution in [0.3, 0.4) is 0 Å². The van der Waals surface area contributed by atoms with E-state index in [1.54, 1.807) is 11.0 Å². The van der Waals surface area contributed by atoms with Crippen LogP contribution in [0.2, 0.25) is 0 Å². The van der Waals surface area contributed by atoms with Gasteiger partial charge in [0.1, 0.15) is 6.54 Å². The molecule has 2 aromatic rings. The highest BCUT2D eigenvalue weighted by atomic mass is 32.2. The molecule has 0 radical (unpaired) electrons. The van der Waals surface area contributed by atoms with Crippen molar-refractivity contribution in [3.63, 3.8) is 0 Å². The molecule has 0 aliphatic carbocycles. The first kappa shape index (κ1) is 20.2. The zero-order valence-electron chi connectivity index (χ0n) is 16.8. The van der Waals surface area contributed by atoms with Crippen molar-refractivity contribution in [2.24, 2.45) is 0 Å². The van der Waals surface area contributed by atoms with Crippen molar-refractivity contribution >= 4 is 40.6 Å². The number of hydrogen-bond donors (Lipinski definition) is 0. The highest BCUT2D eigenvalue weighted by molar-refractivity contribution is 8.18. The average Bonchev–Trinajstić information content (AvgIpc) is 3.03. The predicted octanol–water partition coefficient (Wildman–Crippen LogP) is 3.38. The van der Waals surface area contributed by atoms with Gasteiger partial charge in [-0.1, -0.05) is 48.0 Å². The van der Waals surface area contributed by atoms with Gasteiger partial charge in [-0.3, -0.25) is 19.3 Å². The lowest BCUT2D eigenvalue weighted by atomic mass is 10.1. The maximum Gasteiger partial charge on any atom is 0.294 e. The molecule has 0 atom stereocenters. The number of rotatable bonds is 4. The SMILES string of the molecule is Cc1ccc(/C=C2/SC(=O)N(CC(=O)N3CCN(c4ccccc4)CC3)C2=O)cc1. The van der Waals surface area contributed by atoms with Gasteiger partial charge in [-0.25, -0.2) is 0 Å². The van der Waals surface area contributed by atoms with E-state index < -0.39 is 11.1 Å². The highest BCUT2D eigenvalue weighted by Crippen LogP contribution is 2.32. The van der Waals surface area contributed by atoms with E-state index in [4.69, 9.17) is 0 Å². The third kappa shape index (κ3) is 4.41. The standard InChI is InChI=1S/C23H23N3O3S/c1-17-7-9-18(10-8-17)15-20-22(28)26(23(29)30-20)16-21(27)25-13-11-24(12-14-25)19-5-3-2-4-6-19/h2-10,15H,11-14,16H2,1H3/b20-15+. The van der Waals surface area contributed by atoms with Crippen LogP contribution in [-0.4, -0.2) is 59.6 Å². The molecule has 3 amide bonds. The zero-order valence-corrected chi connectivity index (χ0v) is 17.6. The van der Waals surface area contributed by atoms with E-state index in [0.29, 0.717) is 18.0 Å². The lowest BCUT2D eigenvalue weighted by Crippen LogP contribution is -2.51. The summed E-state index contributed by atoms with van der Waals surface area (Å²) in [4.78, 5) is 43.1.